The molecular formula is C24H21N5O3. The van der Waals surface area contributed by atoms with Crippen molar-refractivity contribution >= 4 is 11.2 Å². The van der Waals surface area contributed by atoms with E-state index >= 15 is 0 Å². The fourth-order valence-corrected chi connectivity index (χ4v) is 4.14. The lowest BCUT2D eigenvalue weighted by molar-refractivity contribution is 0.0950. The predicted octanol–water partition coefficient (Wildman–Crippen LogP) is 2.45. The molecule has 8 nitrogen and oxygen atoms in total. The van der Waals surface area contributed by atoms with Gasteiger partial charge in [0.2, 0.25) is 0 Å². The smallest absolute Gasteiger partial charge is 0.337 e. The molecule has 32 heavy (non-hydrogen) atoms. The molecule has 0 spiro atoms. The van der Waals surface area contributed by atoms with E-state index in [4.69, 9.17) is 10.00 Å². The van der Waals surface area contributed by atoms with Gasteiger partial charge in [0.25, 0.3) is 5.56 Å². The molecule has 1 aliphatic rings. The van der Waals surface area contributed by atoms with Gasteiger partial charge in [-0.05, 0) is 42.7 Å². The monoisotopic (exact) mass is 427 g/mol. The van der Waals surface area contributed by atoms with Crippen molar-refractivity contribution in [1.29, 1.82) is 5.26 Å². The normalized spacial score (nSPS) is 15.8. The number of para-hydroxylation sites is 1. The van der Waals surface area contributed by atoms with Crippen molar-refractivity contribution in [3.05, 3.63) is 92.9 Å². The minimum Gasteiger partial charge on any atom is -0.376 e. The lowest BCUT2D eigenvalue weighted by atomic mass is 10.1. The lowest BCUT2D eigenvalue weighted by Gasteiger charge is -2.15. The topological polar surface area (TPSA) is 94.8 Å². The minimum absolute atomic E-state index is 0.156. The first-order chi connectivity index (χ1) is 15.7. The Balaban J connectivity index is 1.69. The van der Waals surface area contributed by atoms with Crippen LogP contribution in [0.5, 0.6) is 0 Å². The zero-order valence-electron chi connectivity index (χ0n) is 17.3. The molecule has 0 radical (unpaired) electrons. The van der Waals surface area contributed by atoms with Crippen molar-refractivity contribution in [2.75, 3.05) is 6.61 Å². The quantitative estimate of drug-likeness (QED) is 0.488. The van der Waals surface area contributed by atoms with Crippen LogP contribution in [0.15, 0.2) is 70.5 Å². The molecule has 2 aromatic carbocycles. The van der Waals surface area contributed by atoms with Crippen LogP contribution in [0.4, 0.5) is 0 Å². The highest BCUT2D eigenvalue weighted by atomic mass is 16.5. The fourth-order valence-electron chi connectivity index (χ4n) is 4.14. The van der Waals surface area contributed by atoms with Crippen LogP contribution in [-0.4, -0.2) is 31.4 Å². The number of benzene rings is 2. The molecule has 1 atom stereocenters. The van der Waals surface area contributed by atoms with Crippen molar-refractivity contribution in [3.8, 4) is 11.8 Å². The van der Waals surface area contributed by atoms with E-state index in [1.807, 2.05) is 42.5 Å². The van der Waals surface area contributed by atoms with Crippen molar-refractivity contribution in [3.63, 3.8) is 0 Å². The Morgan fingerprint density at radius 1 is 1.09 bits per heavy atom. The van der Waals surface area contributed by atoms with Crippen LogP contribution < -0.4 is 11.2 Å². The van der Waals surface area contributed by atoms with Crippen LogP contribution in [0.25, 0.3) is 16.9 Å². The third-order valence-corrected chi connectivity index (χ3v) is 5.76. The van der Waals surface area contributed by atoms with Gasteiger partial charge >= 0.3 is 5.69 Å². The molecule has 0 saturated carbocycles. The first kappa shape index (κ1) is 20.0. The van der Waals surface area contributed by atoms with Crippen LogP contribution in [-0.2, 0) is 17.8 Å². The van der Waals surface area contributed by atoms with Crippen molar-refractivity contribution in [2.24, 2.45) is 0 Å². The molecule has 0 bridgehead atoms. The van der Waals surface area contributed by atoms with E-state index in [0.29, 0.717) is 35.6 Å². The zero-order valence-corrected chi connectivity index (χ0v) is 17.3. The fraction of sp³-hybridized carbons (Fsp3) is 0.250. The highest BCUT2D eigenvalue weighted by molar-refractivity contribution is 5.72. The first-order valence-electron chi connectivity index (χ1n) is 10.5. The molecule has 1 saturated heterocycles. The van der Waals surface area contributed by atoms with Crippen molar-refractivity contribution < 1.29 is 4.74 Å². The number of hydrogen-bond acceptors (Lipinski definition) is 5. The second-order valence-corrected chi connectivity index (χ2v) is 7.86. The summed E-state index contributed by atoms with van der Waals surface area (Å²) in [5.41, 5.74) is 2.02. The molecule has 8 heteroatoms. The summed E-state index contributed by atoms with van der Waals surface area (Å²) in [7, 11) is 0. The highest BCUT2D eigenvalue weighted by Crippen LogP contribution is 2.17. The van der Waals surface area contributed by atoms with Crippen LogP contribution >= 0.6 is 0 Å². The van der Waals surface area contributed by atoms with E-state index in [1.54, 1.807) is 23.0 Å². The van der Waals surface area contributed by atoms with Gasteiger partial charge in [-0.3, -0.25) is 9.36 Å². The predicted molar refractivity (Wildman–Crippen MR) is 119 cm³/mol. The molecular weight excluding hydrogens is 406 g/mol. The summed E-state index contributed by atoms with van der Waals surface area (Å²) in [5, 5.41) is 9.02. The molecule has 4 aromatic rings. The standard InChI is InChI=1S/C24H21N5O3/c25-13-17-8-10-18(11-9-17)14-27-16-26-22-21(27)23(30)28(15-20-7-4-12-32-20)24(31)29(22)19-5-2-1-3-6-19/h1-3,5-6,8-11,16,20H,4,7,12,14-15H2. The van der Waals surface area contributed by atoms with E-state index in [0.717, 1.165) is 18.4 Å². The van der Waals surface area contributed by atoms with E-state index < -0.39 is 5.69 Å². The van der Waals surface area contributed by atoms with Gasteiger partial charge < -0.3 is 9.30 Å². The van der Waals surface area contributed by atoms with Gasteiger partial charge in [-0.1, -0.05) is 30.3 Å². The summed E-state index contributed by atoms with van der Waals surface area (Å²) in [6, 6.07) is 18.5. The molecule has 3 heterocycles. The average molecular weight is 427 g/mol. The van der Waals surface area contributed by atoms with Crippen molar-refractivity contribution in [1.82, 2.24) is 18.7 Å². The van der Waals surface area contributed by atoms with E-state index in [2.05, 4.69) is 11.1 Å². The summed E-state index contributed by atoms with van der Waals surface area (Å²) >= 11 is 0. The van der Waals surface area contributed by atoms with Crippen LogP contribution in [0.2, 0.25) is 0 Å². The molecule has 160 valence electrons. The average Bonchev–Trinajstić information content (AvgIpc) is 3.48. The van der Waals surface area contributed by atoms with E-state index in [1.165, 1.54) is 9.13 Å². The highest BCUT2D eigenvalue weighted by Gasteiger charge is 2.23. The van der Waals surface area contributed by atoms with E-state index in [9.17, 15) is 9.59 Å². The molecule has 1 unspecified atom stereocenters. The molecule has 2 aromatic heterocycles. The van der Waals surface area contributed by atoms with Gasteiger partial charge in [0.1, 0.15) is 0 Å². The summed E-state index contributed by atoms with van der Waals surface area (Å²) < 4.78 is 10.2. The van der Waals surface area contributed by atoms with Crippen LogP contribution in [0, 0.1) is 11.3 Å². The number of hydrogen-bond donors (Lipinski definition) is 0. The number of rotatable bonds is 5. The second kappa shape index (κ2) is 8.29. The Morgan fingerprint density at radius 2 is 1.88 bits per heavy atom. The molecule has 0 aliphatic carbocycles. The Labute approximate surface area is 183 Å². The van der Waals surface area contributed by atoms with Crippen molar-refractivity contribution in [2.45, 2.75) is 32.0 Å². The number of nitrogens with zero attached hydrogens (tertiary/aromatic N) is 5. The first-order valence-corrected chi connectivity index (χ1v) is 10.5. The maximum atomic E-state index is 13.5. The van der Waals surface area contributed by atoms with Gasteiger partial charge in [-0.2, -0.15) is 5.26 Å². The summed E-state index contributed by atoms with van der Waals surface area (Å²) in [6.45, 7) is 1.25. The molecule has 1 aliphatic heterocycles. The lowest BCUT2D eigenvalue weighted by Crippen LogP contribution is -2.42. The third-order valence-electron chi connectivity index (χ3n) is 5.76. The molecule has 5 rings (SSSR count). The minimum atomic E-state index is -0.423. The van der Waals surface area contributed by atoms with Crippen LogP contribution in [0.1, 0.15) is 24.0 Å². The largest absolute Gasteiger partial charge is 0.376 e. The SMILES string of the molecule is N#Cc1ccc(Cn2cnc3c2c(=O)n(CC2CCCO2)c(=O)n3-c2ccccc2)cc1. The van der Waals surface area contributed by atoms with Gasteiger partial charge in [0.05, 0.1) is 36.3 Å². The van der Waals surface area contributed by atoms with Gasteiger partial charge in [0.15, 0.2) is 11.2 Å². The van der Waals surface area contributed by atoms with E-state index in [-0.39, 0.29) is 18.2 Å². The summed E-state index contributed by atoms with van der Waals surface area (Å²) in [6.07, 6.45) is 3.17. The zero-order chi connectivity index (χ0) is 22.1. The Kier molecular flexibility index (Phi) is 5.17. The molecule has 0 N–H and O–H groups in total. The van der Waals surface area contributed by atoms with Gasteiger partial charge in [0, 0.05) is 13.2 Å². The van der Waals surface area contributed by atoms with Gasteiger partial charge in [-0.15, -0.1) is 0 Å². The summed E-state index contributed by atoms with van der Waals surface area (Å²) in [5.74, 6) is 0. The number of fused-ring (bicyclic) bond motifs is 1. The summed E-state index contributed by atoms with van der Waals surface area (Å²) in [4.78, 5) is 31.4. The Bertz CT molecular complexity index is 1420. The Morgan fingerprint density at radius 3 is 2.56 bits per heavy atom. The maximum Gasteiger partial charge on any atom is 0.337 e. The van der Waals surface area contributed by atoms with Gasteiger partial charge in [-0.25, -0.2) is 14.3 Å². The Hall–Kier alpha value is -3.96. The number of nitriles is 1. The third kappa shape index (κ3) is 3.53. The maximum absolute atomic E-state index is 13.5. The molecule has 0 amide bonds. The number of aromatic nitrogens is 4. The second-order valence-electron chi connectivity index (χ2n) is 7.86. The number of imidazole rings is 1. The molecule has 1 fully saturated rings. The van der Waals surface area contributed by atoms with Crippen LogP contribution in [0.3, 0.4) is 0 Å². The number of ether oxygens (including phenoxy) is 1.